The van der Waals surface area contributed by atoms with Crippen LogP contribution < -0.4 is 54.0 Å². The Bertz CT molecular complexity index is 1860. The van der Waals surface area contributed by atoms with E-state index in [9.17, 15) is 53.1 Å². The van der Waals surface area contributed by atoms with Crippen molar-refractivity contribution in [3.8, 4) is 0 Å². The number of likely N-dealkylation sites (tertiary alicyclic amines) is 1. The summed E-state index contributed by atoms with van der Waals surface area (Å²) in [6.07, 6.45) is 1.20. The molecule has 0 aromatic heterocycles. The molecule has 0 saturated carbocycles. The fourth-order valence-corrected chi connectivity index (χ4v) is 7.60. The third kappa shape index (κ3) is 21.4. The van der Waals surface area contributed by atoms with Crippen molar-refractivity contribution >= 4 is 65.0 Å². The molecular weight excluding hydrogens is 923 g/mol. The Labute approximate surface area is 418 Å². The van der Waals surface area contributed by atoms with E-state index in [0.29, 0.717) is 45.1 Å². The zero-order valence-corrected chi connectivity index (χ0v) is 43.9. The summed E-state index contributed by atoms with van der Waals surface area (Å²) in [5, 5.41) is 32.0. The lowest BCUT2D eigenvalue weighted by Crippen LogP contribution is -2.63. The molecule has 1 aliphatic rings. The molecule has 0 unspecified atom stereocenters. The van der Waals surface area contributed by atoms with Crippen molar-refractivity contribution in [1.29, 1.82) is 0 Å². The van der Waals surface area contributed by atoms with Crippen molar-refractivity contribution in [2.45, 2.75) is 182 Å². The molecule has 0 bridgehead atoms. The minimum absolute atomic E-state index is 0.0839. The number of aliphatic hydroxyl groups excluding tert-OH is 1. The van der Waals surface area contributed by atoms with Gasteiger partial charge in [-0.2, -0.15) is 0 Å². The molecule has 71 heavy (non-hydrogen) atoms. The zero-order chi connectivity index (χ0) is 54.3. The molecule has 1 aliphatic heterocycles. The third-order valence-electron chi connectivity index (χ3n) is 12.3. The van der Waals surface area contributed by atoms with E-state index in [1.54, 1.807) is 41.5 Å². The van der Waals surface area contributed by atoms with Crippen molar-refractivity contribution in [3.63, 3.8) is 0 Å². The zero-order valence-electron chi connectivity index (χ0n) is 43.9. The highest BCUT2D eigenvalue weighted by molar-refractivity contribution is 5.98. The molecule has 1 fully saturated rings. The molecule has 24 heteroatoms. The van der Waals surface area contributed by atoms with Crippen molar-refractivity contribution < 1.29 is 53.1 Å². The van der Waals surface area contributed by atoms with Crippen LogP contribution >= 0.6 is 0 Å². The highest BCUT2D eigenvalue weighted by Crippen LogP contribution is 2.21. The molecule has 1 rings (SSSR count). The Balaban J connectivity index is 3.32. The number of carbonyl (C=O) groups is 10. The summed E-state index contributed by atoms with van der Waals surface area (Å²) >= 11 is 0. The van der Waals surface area contributed by atoms with Crippen LogP contribution in [0, 0.1) is 17.8 Å². The Morgan fingerprint density at radius 1 is 0.676 bits per heavy atom. The first-order valence-electron chi connectivity index (χ1n) is 24.8. The average molecular weight is 1010 g/mol. The summed E-state index contributed by atoms with van der Waals surface area (Å²) < 4.78 is 0. The normalized spacial score (nSPS) is 17.1. The number of nitrogens with zero attached hydrogens (tertiary/aromatic N) is 3. The molecule has 13 N–H and O–H groups in total. The Morgan fingerprint density at radius 2 is 1.20 bits per heavy atom. The average Bonchev–Trinajstić information content (AvgIpc) is 3.80. The van der Waals surface area contributed by atoms with E-state index in [-0.39, 0.29) is 49.7 Å². The Kier molecular flexibility index (Phi) is 27.8. The van der Waals surface area contributed by atoms with Gasteiger partial charge in [0.25, 0.3) is 0 Å². The number of guanidine groups is 1. The lowest BCUT2D eigenvalue weighted by molar-refractivity contribution is -0.142. The summed E-state index contributed by atoms with van der Waals surface area (Å²) in [5.74, 6) is -7.97. The molecule has 10 atom stereocenters. The van der Waals surface area contributed by atoms with E-state index in [1.807, 2.05) is 20.8 Å². The van der Waals surface area contributed by atoms with E-state index in [2.05, 4.69) is 47.5 Å². The van der Waals surface area contributed by atoms with Gasteiger partial charge in [0, 0.05) is 33.1 Å². The van der Waals surface area contributed by atoms with E-state index in [4.69, 9.17) is 11.5 Å². The van der Waals surface area contributed by atoms with Crippen LogP contribution in [0.3, 0.4) is 0 Å². The Morgan fingerprint density at radius 3 is 1.70 bits per heavy atom. The maximum atomic E-state index is 14.2. The highest BCUT2D eigenvalue weighted by Gasteiger charge is 2.40. The molecule has 10 amide bonds. The Hall–Kier alpha value is -6.07. The van der Waals surface area contributed by atoms with Crippen LogP contribution in [0.2, 0.25) is 0 Å². The number of aliphatic hydroxyl groups is 1. The molecule has 0 aliphatic carbocycles. The van der Waals surface area contributed by atoms with Crippen LogP contribution in [0.4, 0.5) is 0 Å². The minimum atomic E-state index is -1.62. The van der Waals surface area contributed by atoms with Crippen LogP contribution in [-0.4, -0.2) is 168 Å². The number of aliphatic imine (C=N–C) groups is 1. The monoisotopic (exact) mass is 1010 g/mol. The molecule has 1 heterocycles. The first kappa shape index (κ1) is 62.9. The minimum Gasteiger partial charge on any atom is -0.391 e. The van der Waals surface area contributed by atoms with Gasteiger partial charge in [-0.1, -0.05) is 67.7 Å². The number of nitrogens with one attached hydrogen (secondary N) is 8. The van der Waals surface area contributed by atoms with Gasteiger partial charge >= 0.3 is 0 Å². The molecule has 24 nitrogen and oxygen atoms in total. The molecule has 404 valence electrons. The number of rotatable bonds is 30. The van der Waals surface area contributed by atoms with E-state index in [1.165, 1.54) is 25.8 Å². The van der Waals surface area contributed by atoms with Crippen molar-refractivity contribution in [3.05, 3.63) is 0 Å². The fourth-order valence-electron chi connectivity index (χ4n) is 7.60. The smallest absolute Gasteiger partial charge is 0.245 e. The highest BCUT2D eigenvalue weighted by atomic mass is 16.3. The number of hydrogen-bond acceptors (Lipinski definition) is 12. The number of carbonyl (C=O) groups excluding carboxylic acids is 10. The van der Waals surface area contributed by atoms with Crippen LogP contribution in [-0.2, 0) is 47.9 Å². The second kappa shape index (κ2) is 31.3. The summed E-state index contributed by atoms with van der Waals surface area (Å²) in [6.45, 7) is 18.0. The van der Waals surface area contributed by atoms with E-state index in [0.717, 1.165) is 4.90 Å². The SMILES string of the molecule is CCC[C@H](NC(=O)[C@@H](NC(=O)[C@H](NC(=O)[C@@H](NC(=O)CNC(=O)CN(C)C(C)=O)C(C)C)[C@@H](C)CC)[C@@H](C)O)C(=O)N[C@H](C(=O)N[C@@H](CCCN=C(N)N)C(=O)N1CCC[C@H]1C(=O)NC(C)C)[C@@H](C)CC. The van der Waals surface area contributed by atoms with Crippen LogP contribution in [0.15, 0.2) is 4.99 Å². The van der Waals surface area contributed by atoms with Gasteiger partial charge in [-0.05, 0) is 70.6 Å². The summed E-state index contributed by atoms with van der Waals surface area (Å²) in [4.78, 5) is 140. The predicted octanol–water partition coefficient (Wildman–Crippen LogP) is -2.01. The topological polar surface area (TPSA) is 358 Å². The molecular formula is C47H85N13O11. The number of nitrogens with two attached hydrogens (primary N) is 2. The molecule has 0 aromatic rings. The number of amides is 10. The van der Waals surface area contributed by atoms with Gasteiger partial charge < -0.3 is 68.9 Å². The number of likely N-dealkylation sites (N-methyl/N-ethyl adjacent to an activating group) is 1. The molecule has 0 aromatic carbocycles. The van der Waals surface area contributed by atoms with Crippen LogP contribution in [0.5, 0.6) is 0 Å². The van der Waals surface area contributed by atoms with Crippen molar-refractivity contribution in [2.75, 3.05) is 33.2 Å². The van der Waals surface area contributed by atoms with Crippen molar-refractivity contribution in [2.24, 2.45) is 34.2 Å². The number of hydrogen-bond donors (Lipinski definition) is 11. The summed E-state index contributed by atoms with van der Waals surface area (Å²) in [6, 6.07) is -8.51. The lowest BCUT2D eigenvalue weighted by atomic mass is 9.95. The predicted molar refractivity (Wildman–Crippen MR) is 266 cm³/mol. The van der Waals surface area contributed by atoms with Gasteiger partial charge in [-0.15, -0.1) is 0 Å². The van der Waals surface area contributed by atoms with E-state index >= 15 is 0 Å². The van der Waals surface area contributed by atoms with E-state index < -0.39 is 120 Å². The van der Waals surface area contributed by atoms with Gasteiger partial charge in [-0.25, -0.2) is 0 Å². The second-order valence-electron chi connectivity index (χ2n) is 19.1. The van der Waals surface area contributed by atoms with Gasteiger partial charge in [-0.3, -0.25) is 52.9 Å². The lowest BCUT2D eigenvalue weighted by Gasteiger charge is -2.32. The van der Waals surface area contributed by atoms with Gasteiger partial charge in [0.2, 0.25) is 59.1 Å². The maximum Gasteiger partial charge on any atom is 0.245 e. The largest absolute Gasteiger partial charge is 0.391 e. The quantitative estimate of drug-likeness (QED) is 0.0211. The summed E-state index contributed by atoms with van der Waals surface area (Å²) in [5.41, 5.74) is 11.0. The first-order chi connectivity index (χ1) is 33.2. The molecule has 0 spiro atoms. The second-order valence-corrected chi connectivity index (χ2v) is 19.1. The van der Waals surface area contributed by atoms with Gasteiger partial charge in [0.1, 0.15) is 42.3 Å². The third-order valence-corrected chi connectivity index (χ3v) is 12.3. The first-order valence-corrected chi connectivity index (χ1v) is 24.8. The van der Waals surface area contributed by atoms with Gasteiger partial charge in [0.05, 0.1) is 19.2 Å². The van der Waals surface area contributed by atoms with Crippen LogP contribution in [0.1, 0.15) is 128 Å². The molecule has 0 radical (unpaired) electrons. The van der Waals surface area contributed by atoms with Crippen molar-refractivity contribution in [1.82, 2.24) is 52.3 Å². The standard InChI is InChI=1S/C47H85N13O11/c1-13-18-31(40(65)56-37(27(8)14-2)43(68)54-32(19-16-21-50-47(48)49)46(71)60-22-17-20-33(60)41(66)52-26(6)7)53-45(70)39(29(10)61)58-44(69)38(28(9)15-3)57-42(67)36(25(4)5)55-34(63)23-51-35(64)24-59(12)30(11)62/h25-29,31-33,36-39,61H,13-24H2,1-12H3,(H,51,64)(H,52,66)(H,53,70)(H,54,68)(H,55,63)(H,56,65)(H,57,67)(H,58,69)(H4,48,49,50)/t27-,28-,29+,31-,32-,33-,36-,37-,38+,39-/m0/s1. The maximum absolute atomic E-state index is 14.2. The van der Waals surface area contributed by atoms with Crippen LogP contribution in [0.25, 0.3) is 0 Å². The summed E-state index contributed by atoms with van der Waals surface area (Å²) in [7, 11) is 1.42. The molecule has 1 saturated heterocycles. The van der Waals surface area contributed by atoms with Gasteiger partial charge in [0.15, 0.2) is 5.96 Å². The fraction of sp³-hybridized carbons (Fsp3) is 0.766.